The summed E-state index contributed by atoms with van der Waals surface area (Å²) in [6.45, 7) is 0. The maximum absolute atomic E-state index is 13.5. The summed E-state index contributed by atoms with van der Waals surface area (Å²) < 4.78 is 13.5. The van der Waals surface area contributed by atoms with Crippen LogP contribution in [0.4, 0.5) is 15.8 Å². The number of carbonyl (C=O) groups excluding carboxylic acids is 2. The smallest absolute Gasteiger partial charge is 0.272 e. The SMILES string of the molecule is CN(C)c1ccc(N2C(=O)C(SCc3ccccc3)=C(c3ccc(F)cc3)C2=O)cc1. The van der Waals surface area contributed by atoms with Crippen LogP contribution in [0.25, 0.3) is 5.57 Å². The number of hydrogen-bond donors (Lipinski definition) is 0. The Hall–Kier alpha value is -3.38. The lowest BCUT2D eigenvalue weighted by atomic mass is 10.1. The summed E-state index contributed by atoms with van der Waals surface area (Å²) in [5, 5.41) is 0. The second kappa shape index (κ2) is 8.78. The van der Waals surface area contributed by atoms with Crippen LogP contribution in [0.3, 0.4) is 0 Å². The number of hydrogen-bond acceptors (Lipinski definition) is 4. The molecule has 4 rings (SSSR count). The first-order valence-corrected chi connectivity index (χ1v) is 10.8. The van der Waals surface area contributed by atoms with E-state index in [1.165, 1.54) is 40.9 Å². The number of amides is 2. The average molecular weight is 433 g/mol. The van der Waals surface area contributed by atoms with E-state index in [2.05, 4.69) is 0 Å². The minimum atomic E-state index is -0.398. The Morgan fingerprint density at radius 3 is 2.10 bits per heavy atom. The number of anilines is 2. The molecule has 1 aliphatic rings. The van der Waals surface area contributed by atoms with Crippen molar-refractivity contribution in [3.63, 3.8) is 0 Å². The zero-order valence-electron chi connectivity index (χ0n) is 17.2. The van der Waals surface area contributed by atoms with E-state index in [0.717, 1.165) is 11.3 Å². The molecule has 0 spiro atoms. The Labute approximate surface area is 185 Å². The van der Waals surface area contributed by atoms with Crippen molar-refractivity contribution >= 4 is 40.5 Å². The zero-order chi connectivity index (χ0) is 22.0. The monoisotopic (exact) mass is 432 g/mol. The summed E-state index contributed by atoms with van der Waals surface area (Å²) in [6, 6.07) is 22.7. The lowest BCUT2D eigenvalue weighted by Crippen LogP contribution is -2.31. The van der Waals surface area contributed by atoms with Crippen molar-refractivity contribution < 1.29 is 14.0 Å². The van der Waals surface area contributed by atoms with Crippen LogP contribution >= 0.6 is 11.8 Å². The van der Waals surface area contributed by atoms with E-state index in [1.54, 1.807) is 12.1 Å². The van der Waals surface area contributed by atoms with E-state index >= 15 is 0 Å². The lowest BCUT2D eigenvalue weighted by Gasteiger charge is -2.18. The first kappa shape index (κ1) is 20.9. The van der Waals surface area contributed by atoms with Crippen LogP contribution in [0.1, 0.15) is 11.1 Å². The van der Waals surface area contributed by atoms with Gasteiger partial charge in [0.15, 0.2) is 0 Å². The van der Waals surface area contributed by atoms with Gasteiger partial charge in [0, 0.05) is 25.5 Å². The van der Waals surface area contributed by atoms with Crippen LogP contribution in [0, 0.1) is 5.82 Å². The van der Waals surface area contributed by atoms with Crippen LogP contribution < -0.4 is 9.80 Å². The molecule has 3 aromatic rings. The van der Waals surface area contributed by atoms with E-state index < -0.39 is 11.7 Å². The van der Waals surface area contributed by atoms with Gasteiger partial charge in [-0.2, -0.15) is 0 Å². The van der Waals surface area contributed by atoms with Crippen molar-refractivity contribution in [3.8, 4) is 0 Å². The van der Waals surface area contributed by atoms with Gasteiger partial charge in [0.1, 0.15) is 5.82 Å². The van der Waals surface area contributed by atoms with Crippen molar-refractivity contribution in [3.05, 3.63) is 101 Å². The molecule has 0 bridgehead atoms. The Morgan fingerprint density at radius 1 is 0.839 bits per heavy atom. The highest BCUT2D eigenvalue weighted by molar-refractivity contribution is 8.03. The molecule has 1 aliphatic heterocycles. The Balaban J connectivity index is 1.71. The van der Waals surface area contributed by atoms with E-state index in [4.69, 9.17) is 0 Å². The Morgan fingerprint density at radius 2 is 1.48 bits per heavy atom. The third-order valence-corrected chi connectivity index (χ3v) is 6.17. The molecule has 1 heterocycles. The summed E-state index contributed by atoms with van der Waals surface area (Å²) in [4.78, 5) is 30.2. The molecule has 0 aliphatic carbocycles. The highest BCUT2D eigenvalue weighted by atomic mass is 32.2. The van der Waals surface area contributed by atoms with Crippen LogP contribution in [-0.4, -0.2) is 25.9 Å². The van der Waals surface area contributed by atoms with Crippen LogP contribution in [-0.2, 0) is 15.3 Å². The molecular weight excluding hydrogens is 411 g/mol. The molecule has 0 unspecified atom stereocenters. The van der Waals surface area contributed by atoms with Gasteiger partial charge in [-0.15, -0.1) is 11.8 Å². The largest absolute Gasteiger partial charge is 0.378 e. The van der Waals surface area contributed by atoms with E-state index in [9.17, 15) is 14.0 Å². The van der Waals surface area contributed by atoms with Crippen molar-refractivity contribution in [2.24, 2.45) is 0 Å². The van der Waals surface area contributed by atoms with Gasteiger partial charge in [-0.1, -0.05) is 42.5 Å². The van der Waals surface area contributed by atoms with E-state index in [-0.39, 0.29) is 5.91 Å². The van der Waals surface area contributed by atoms with Gasteiger partial charge in [0.25, 0.3) is 11.8 Å². The van der Waals surface area contributed by atoms with Crippen molar-refractivity contribution in [2.75, 3.05) is 23.9 Å². The molecule has 0 fully saturated rings. The normalized spacial score (nSPS) is 13.8. The van der Waals surface area contributed by atoms with E-state index in [0.29, 0.717) is 27.5 Å². The summed E-state index contributed by atoms with van der Waals surface area (Å²) >= 11 is 1.33. The number of halogens is 1. The average Bonchev–Trinajstić information content (AvgIpc) is 3.03. The van der Waals surface area contributed by atoms with Crippen molar-refractivity contribution in [1.29, 1.82) is 0 Å². The number of carbonyl (C=O) groups is 2. The van der Waals surface area contributed by atoms with Gasteiger partial charge in [-0.05, 0) is 47.5 Å². The molecule has 156 valence electrons. The molecule has 0 saturated carbocycles. The van der Waals surface area contributed by atoms with Gasteiger partial charge in [-0.3, -0.25) is 9.59 Å². The molecule has 0 atom stereocenters. The third kappa shape index (κ3) is 4.25. The second-order valence-corrected chi connectivity index (χ2v) is 8.33. The number of thioether (sulfide) groups is 1. The fourth-order valence-corrected chi connectivity index (χ4v) is 4.45. The molecular formula is C25H21FN2O2S. The first-order valence-electron chi connectivity index (χ1n) is 9.79. The van der Waals surface area contributed by atoms with Crippen LogP contribution in [0.15, 0.2) is 83.8 Å². The summed E-state index contributed by atoms with van der Waals surface area (Å²) in [6.07, 6.45) is 0. The number of benzene rings is 3. The summed E-state index contributed by atoms with van der Waals surface area (Å²) in [5.41, 5.74) is 3.36. The first-order chi connectivity index (χ1) is 15.0. The zero-order valence-corrected chi connectivity index (χ0v) is 18.0. The van der Waals surface area contributed by atoms with Gasteiger partial charge >= 0.3 is 0 Å². The molecule has 6 heteroatoms. The van der Waals surface area contributed by atoms with Crippen LogP contribution in [0.2, 0.25) is 0 Å². The lowest BCUT2D eigenvalue weighted by molar-refractivity contribution is -0.119. The molecule has 31 heavy (non-hydrogen) atoms. The van der Waals surface area contributed by atoms with Crippen molar-refractivity contribution in [1.82, 2.24) is 0 Å². The summed E-state index contributed by atoms with van der Waals surface area (Å²) in [7, 11) is 3.85. The topological polar surface area (TPSA) is 40.6 Å². The molecule has 3 aromatic carbocycles. The molecule has 0 radical (unpaired) electrons. The quantitative estimate of drug-likeness (QED) is 0.508. The minimum absolute atomic E-state index is 0.308. The van der Waals surface area contributed by atoms with Crippen molar-refractivity contribution in [2.45, 2.75) is 5.75 Å². The Kier molecular flexibility index (Phi) is 5.91. The fraction of sp³-hybridized carbons (Fsp3) is 0.120. The minimum Gasteiger partial charge on any atom is -0.378 e. The van der Waals surface area contributed by atoms with Crippen LogP contribution in [0.5, 0.6) is 0 Å². The summed E-state index contributed by atoms with van der Waals surface area (Å²) in [5.74, 6) is -0.601. The van der Waals surface area contributed by atoms with Gasteiger partial charge in [-0.25, -0.2) is 9.29 Å². The molecule has 0 N–H and O–H groups in total. The van der Waals surface area contributed by atoms with Gasteiger partial charge in [0.2, 0.25) is 0 Å². The molecule has 4 nitrogen and oxygen atoms in total. The Bertz CT molecular complexity index is 1140. The maximum atomic E-state index is 13.5. The maximum Gasteiger partial charge on any atom is 0.272 e. The number of rotatable bonds is 6. The molecule has 0 aromatic heterocycles. The fourth-order valence-electron chi connectivity index (χ4n) is 3.38. The van der Waals surface area contributed by atoms with E-state index in [1.807, 2.05) is 61.5 Å². The number of imide groups is 1. The molecule has 0 saturated heterocycles. The highest BCUT2D eigenvalue weighted by Gasteiger charge is 2.40. The van der Waals surface area contributed by atoms with Gasteiger partial charge < -0.3 is 4.90 Å². The predicted molar refractivity (Wildman–Crippen MR) is 124 cm³/mol. The molecule has 2 amide bonds. The standard InChI is InChI=1S/C25H21FN2O2S/c1-27(2)20-12-14-21(15-13-20)28-24(29)22(18-8-10-19(26)11-9-18)23(25(28)30)31-16-17-6-4-3-5-7-17/h3-15H,16H2,1-2H3. The highest BCUT2D eigenvalue weighted by Crippen LogP contribution is 2.39. The van der Waals surface area contributed by atoms with Gasteiger partial charge in [0.05, 0.1) is 16.2 Å². The number of nitrogens with zero attached hydrogens (tertiary/aromatic N) is 2. The third-order valence-electron chi connectivity index (χ3n) is 5.02. The predicted octanol–water partition coefficient (Wildman–Crippen LogP) is 5.11. The second-order valence-electron chi connectivity index (χ2n) is 7.34.